The molecular weight excluding hydrogens is 576 g/mol. The average molecular weight is 596 g/mol. The van der Waals surface area contributed by atoms with E-state index < -0.39 is 22.7 Å². The minimum absolute atomic E-state index is 0.176. The summed E-state index contributed by atoms with van der Waals surface area (Å²) in [6, 6.07) is 7.90. The highest BCUT2D eigenvalue weighted by Crippen LogP contribution is 2.36. The third-order valence-electron chi connectivity index (χ3n) is 4.84. The fourth-order valence-corrected chi connectivity index (χ4v) is 4.01. The molecule has 0 amide bonds. The zero-order chi connectivity index (χ0) is 25.0. The molecule has 0 aliphatic rings. The topological polar surface area (TPSA) is 137 Å². The number of nitro benzene ring substituents is 1. The quantitative estimate of drug-likeness (QED) is 0.211. The van der Waals surface area contributed by atoms with Crippen molar-refractivity contribution in [3.05, 3.63) is 71.1 Å². The van der Waals surface area contributed by atoms with Gasteiger partial charge in [0.25, 0.3) is 5.56 Å². The molecule has 0 aliphatic heterocycles. The lowest BCUT2D eigenvalue weighted by Gasteiger charge is -2.13. The van der Waals surface area contributed by atoms with Crippen LogP contribution in [-0.2, 0) is 11.2 Å². The van der Waals surface area contributed by atoms with Crippen molar-refractivity contribution in [3.63, 3.8) is 0 Å². The van der Waals surface area contributed by atoms with Gasteiger partial charge in [-0.3, -0.25) is 14.9 Å². The Morgan fingerprint density at radius 3 is 2.74 bits per heavy atom. The summed E-state index contributed by atoms with van der Waals surface area (Å²) in [5, 5.41) is 25.3. The van der Waals surface area contributed by atoms with E-state index in [-0.39, 0.29) is 15.8 Å². The van der Waals surface area contributed by atoms with E-state index >= 15 is 0 Å². The first kappa shape index (κ1) is 25.5. The van der Waals surface area contributed by atoms with Crippen LogP contribution in [-0.4, -0.2) is 38.0 Å². The van der Waals surface area contributed by atoms with Crippen molar-refractivity contribution in [3.8, 4) is 5.75 Å². The smallest absolute Gasteiger partial charge is 0.344 e. The second-order valence-electron chi connectivity index (χ2n) is 7.36. The number of unbranched alkanes of at least 4 members (excludes halogenated alkanes) is 1. The van der Waals surface area contributed by atoms with Gasteiger partial charge in [-0.1, -0.05) is 29.3 Å². The molecular formula is C22H20Br2N4O6. The van der Waals surface area contributed by atoms with E-state index in [4.69, 9.17) is 9.84 Å². The van der Waals surface area contributed by atoms with Crippen LogP contribution in [0.15, 0.2) is 49.2 Å². The van der Waals surface area contributed by atoms with E-state index in [0.717, 1.165) is 17.3 Å². The number of aryl methyl sites for hydroxylation is 1. The minimum Gasteiger partial charge on any atom is -0.479 e. The van der Waals surface area contributed by atoms with Gasteiger partial charge in [0.1, 0.15) is 5.82 Å². The van der Waals surface area contributed by atoms with Crippen LogP contribution in [0.2, 0.25) is 0 Å². The number of ether oxygens (including phenoxy) is 1. The molecule has 178 valence electrons. The number of carboxylic acid groups (broad SMARTS) is 1. The van der Waals surface area contributed by atoms with Crippen molar-refractivity contribution in [1.82, 2.24) is 9.66 Å². The van der Waals surface area contributed by atoms with E-state index in [1.807, 2.05) is 6.92 Å². The van der Waals surface area contributed by atoms with Crippen LogP contribution in [0.5, 0.6) is 5.75 Å². The number of hydrogen-bond donors (Lipinski definition) is 1. The lowest BCUT2D eigenvalue weighted by atomic mass is 10.2. The van der Waals surface area contributed by atoms with Crippen molar-refractivity contribution in [2.24, 2.45) is 5.10 Å². The Morgan fingerprint density at radius 2 is 2.09 bits per heavy atom. The maximum atomic E-state index is 13.2. The third kappa shape index (κ3) is 5.68. The molecule has 0 saturated carbocycles. The van der Waals surface area contributed by atoms with Crippen molar-refractivity contribution in [1.29, 1.82) is 0 Å². The summed E-state index contributed by atoms with van der Waals surface area (Å²) in [4.78, 5) is 39.8. The Labute approximate surface area is 210 Å². The SMILES string of the molecule is CCCCc1nc2ccc(Br)cc2c(=O)n1N=Cc1cc(Br)c(O[C@@H](C)C(=O)O)c([N+](=O)[O-])c1. The summed E-state index contributed by atoms with van der Waals surface area (Å²) >= 11 is 6.56. The number of fused-ring (bicyclic) bond motifs is 1. The number of carboxylic acids is 1. The van der Waals surface area contributed by atoms with Gasteiger partial charge in [0.05, 0.1) is 26.5 Å². The standard InChI is InChI=1S/C22H20Br2N4O6/c1-3-4-5-19-26-17-7-6-14(23)10-15(17)21(29)27(19)25-11-13-8-16(24)20(18(9-13)28(32)33)34-12(2)22(30)31/h6-12H,3-5H2,1-2H3,(H,30,31)/t12-/m0/s1. The molecule has 0 bridgehead atoms. The van der Waals surface area contributed by atoms with Gasteiger partial charge in [0, 0.05) is 22.5 Å². The number of benzene rings is 2. The van der Waals surface area contributed by atoms with Gasteiger partial charge in [0.15, 0.2) is 6.10 Å². The lowest BCUT2D eigenvalue weighted by molar-refractivity contribution is -0.386. The number of carbonyl (C=O) groups is 1. The minimum atomic E-state index is -1.29. The van der Waals surface area contributed by atoms with Crippen LogP contribution in [0.4, 0.5) is 5.69 Å². The summed E-state index contributed by atoms with van der Waals surface area (Å²) in [6.07, 6.45) is 2.24. The van der Waals surface area contributed by atoms with Gasteiger partial charge >= 0.3 is 11.7 Å². The molecule has 10 nitrogen and oxygen atoms in total. The molecule has 2 aromatic carbocycles. The second-order valence-corrected chi connectivity index (χ2v) is 9.13. The number of rotatable bonds is 9. The van der Waals surface area contributed by atoms with E-state index in [9.17, 15) is 19.7 Å². The molecule has 1 atom stereocenters. The lowest BCUT2D eigenvalue weighted by Crippen LogP contribution is -2.23. The first-order chi connectivity index (χ1) is 16.1. The molecule has 1 N–H and O–H groups in total. The molecule has 3 aromatic rings. The van der Waals surface area contributed by atoms with Gasteiger partial charge < -0.3 is 9.84 Å². The van der Waals surface area contributed by atoms with Crippen molar-refractivity contribution < 1.29 is 19.6 Å². The molecule has 0 radical (unpaired) electrons. The molecule has 0 aliphatic carbocycles. The molecule has 1 aromatic heterocycles. The molecule has 0 spiro atoms. The normalized spacial score (nSPS) is 12.2. The molecule has 12 heteroatoms. The largest absolute Gasteiger partial charge is 0.479 e. The van der Waals surface area contributed by atoms with Crippen molar-refractivity contribution in [2.45, 2.75) is 39.2 Å². The predicted molar refractivity (Wildman–Crippen MR) is 134 cm³/mol. The van der Waals surface area contributed by atoms with Gasteiger partial charge in [-0.05, 0) is 53.5 Å². The van der Waals surface area contributed by atoms with Crippen LogP contribution >= 0.6 is 31.9 Å². The van der Waals surface area contributed by atoms with Crippen molar-refractivity contribution >= 4 is 60.6 Å². The molecule has 34 heavy (non-hydrogen) atoms. The fraction of sp³-hybridized carbons (Fsp3) is 0.273. The summed E-state index contributed by atoms with van der Waals surface area (Å²) in [7, 11) is 0. The van der Waals surface area contributed by atoms with Crippen LogP contribution in [0.25, 0.3) is 10.9 Å². The highest BCUT2D eigenvalue weighted by atomic mass is 79.9. The van der Waals surface area contributed by atoms with Crippen LogP contribution in [0.1, 0.15) is 38.1 Å². The molecule has 0 saturated heterocycles. The molecule has 1 heterocycles. The monoisotopic (exact) mass is 594 g/mol. The molecule has 3 rings (SSSR count). The number of aliphatic carboxylic acids is 1. The van der Waals surface area contributed by atoms with E-state index in [1.165, 1.54) is 29.9 Å². The van der Waals surface area contributed by atoms with Crippen LogP contribution < -0.4 is 10.3 Å². The Morgan fingerprint density at radius 1 is 1.35 bits per heavy atom. The second kappa shape index (κ2) is 10.9. The Kier molecular flexibility index (Phi) is 8.15. The average Bonchev–Trinajstić information content (AvgIpc) is 2.78. The van der Waals surface area contributed by atoms with Gasteiger partial charge in [-0.25, -0.2) is 9.78 Å². The number of hydrogen-bond acceptors (Lipinski definition) is 7. The number of halogens is 2. The van der Waals surface area contributed by atoms with E-state index in [2.05, 4.69) is 41.9 Å². The number of aromatic nitrogens is 2. The zero-order valence-electron chi connectivity index (χ0n) is 18.2. The first-order valence-electron chi connectivity index (χ1n) is 10.2. The van der Waals surface area contributed by atoms with Gasteiger partial charge in [-0.2, -0.15) is 9.78 Å². The van der Waals surface area contributed by atoms with Crippen LogP contribution in [0.3, 0.4) is 0 Å². The first-order valence-corrected chi connectivity index (χ1v) is 11.8. The molecule has 0 fully saturated rings. The maximum Gasteiger partial charge on any atom is 0.344 e. The summed E-state index contributed by atoms with van der Waals surface area (Å²) in [6.45, 7) is 3.29. The zero-order valence-corrected chi connectivity index (χ0v) is 21.4. The van der Waals surface area contributed by atoms with E-state index in [1.54, 1.807) is 18.2 Å². The molecule has 0 unspecified atom stereocenters. The van der Waals surface area contributed by atoms with Crippen molar-refractivity contribution in [2.75, 3.05) is 0 Å². The Hall–Kier alpha value is -3.12. The fourth-order valence-electron chi connectivity index (χ4n) is 3.09. The predicted octanol–water partition coefficient (Wildman–Crippen LogP) is 4.91. The third-order valence-corrected chi connectivity index (χ3v) is 5.92. The van der Waals surface area contributed by atoms with Gasteiger partial charge in [0.2, 0.25) is 5.75 Å². The van der Waals surface area contributed by atoms with E-state index in [0.29, 0.717) is 28.7 Å². The summed E-state index contributed by atoms with van der Waals surface area (Å²) < 4.78 is 7.35. The Balaban J connectivity index is 2.10. The Bertz CT molecular complexity index is 1360. The van der Waals surface area contributed by atoms with Gasteiger partial charge in [-0.15, -0.1) is 0 Å². The summed E-state index contributed by atoms with van der Waals surface area (Å²) in [5.41, 5.74) is 0.0512. The highest BCUT2D eigenvalue weighted by Gasteiger charge is 2.24. The highest BCUT2D eigenvalue weighted by molar-refractivity contribution is 9.10. The number of nitro groups is 1. The van der Waals surface area contributed by atoms with Crippen LogP contribution in [0, 0.1) is 10.1 Å². The summed E-state index contributed by atoms with van der Waals surface area (Å²) in [5.74, 6) is -1.00. The number of nitrogens with zero attached hydrogens (tertiary/aromatic N) is 4. The maximum absolute atomic E-state index is 13.2.